The van der Waals surface area contributed by atoms with Crippen LogP contribution in [0.3, 0.4) is 0 Å². The van der Waals surface area contributed by atoms with Gasteiger partial charge in [0.1, 0.15) is 5.69 Å². The number of anilines is 1. The Balaban J connectivity index is 2.38. The average Bonchev–Trinajstić information content (AvgIpc) is 2.35. The average molecular weight is 285 g/mol. The minimum Gasteiger partial charge on any atom is -0.393 e. The number of H-pyrrole nitrogens is 1. The first-order chi connectivity index (χ1) is 9.27. The van der Waals surface area contributed by atoms with Gasteiger partial charge in [0, 0.05) is 6.20 Å². The number of nitrogens with two attached hydrogens (primary N) is 1. The van der Waals surface area contributed by atoms with Gasteiger partial charge in [0.2, 0.25) is 0 Å². The fourth-order valence-corrected chi connectivity index (χ4v) is 1.69. The van der Waals surface area contributed by atoms with E-state index in [1.165, 1.54) is 12.1 Å². The lowest BCUT2D eigenvalue weighted by atomic mass is 10.1. The Morgan fingerprint density at radius 2 is 1.95 bits per heavy atom. The number of aromatic nitrogens is 2. The second-order valence-electron chi connectivity index (χ2n) is 4.17. The summed E-state index contributed by atoms with van der Waals surface area (Å²) < 4.78 is 38.7. The van der Waals surface area contributed by atoms with Gasteiger partial charge >= 0.3 is 11.9 Å². The smallest absolute Gasteiger partial charge is 0.393 e. The van der Waals surface area contributed by atoms with Crippen LogP contribution in [0, 0.1) is 0 Å². The molecule has 0 aliphatic carbocycles. The van der Waals surface area contributed by atoms with Crippen LogP contribution in [0.15, 0.2) is 40.1 Å². The molecule has 0 unspecified atom stereocenters. The summed E-state index contributed by atoms with van der Waals surface area (Å²) in [7, 11) is 0. The van der Waals surface area contributed by atoms with E-state index in [1.54, 1.807) is 0 Å². The van der Waals surface area contributed by atoms with Crippen molar-refractivity contribution in [3.05, 3.63) is 62.4 Å². The van der Waals surface area contributed by atoms with Gasteiger partial charge in [-0.25, -0.2) is 4.79 Å². The maximum Gasteiger partial charge on any atom is 0.416 e. The molecule has 2 rings (SSSR count). The number of rotatable bonds is 2. The Labute approximate surface area is 110 Å². The molecule has 1 aromatic carbocycles. The highest BCUT2D eigenvalue weighted by molar-refractivity contribution is 5.31. The van der Waals surface area contributed by atoms with E-state index in [2.05, 4.69) is 0 Å². The summed E-state index contributed by atoms with van der Waals surface area (Å²) in [5.74, 6) is 0. The predicted octanol–water partition coefficient (Wildman–Crippen LogP) is 1.19. The molecular formula is C12H10F3N3O2. The first kappa shape index (κ1) is 13.9. The monoisotopic (exact) mass is 285 g/mol. The Morgan fingerprint density at radius 1 is 1.25 bits per heavy atom. The summed E-state index contributed by atoms with van der Waals surface area (Å²) in [6.45, 7) is -0.121. The van der Waals surface area contributed by atoms with Crippen molar-refractivity contribution in [2.24, 2.45) is 0 Å². The zero-order chi connectivity index (χ0) is 14.9. The molecule has 1 heterocycles. The van der Waals surface area contributed by atoms with Gasteiger partial charge in [-0.05, 0) is 17.7 Å². The lowest BCUT2D eigenvalue weighted by Crippen LogP contribution is -2.31. The third kappa shape index (κ3) is 2.90. The predicted molar refractivity (Wildman–Crippen MR) is 66.3 cm³/mol. The van der Waals surface area contributed by atoms with Crippen molar-refractivity contribution >= 4 is 5.69 Å². The van der Waals surface area contributed by atoms with Gasteiger partial charge < -0.3 is 5.73 Å². The van der Waals surface area contributed by atoms with Crippen LogP contribution < -0.4 is 17.0 Å². The number of nitrogen functional groups attached to an aromatic ring is 1. The molecule has 8 heteroatoms. The summed E-state index contributed by atoms with van der Waals surface area (Å²) in [4.78, 5) is 24.6. The second kappa shape index (κ2) is 4.87. The maximum atomic E-state index is 12.6. The molecule has 20 heavy (non-hydrogen) atoms. The number of hydrogen-bond donors (Lipinski definition) is 2. The van der Waals surface area contributed by atoms with E-state index >= 15 is 0 Å². The normalized spacial score (nSPS) is 11.6. The number of alkyl halides is 3. The molecular weight excluding hydrogens is 275 g/mol. The maximum absolute atomic E-state index is 12.6. The third-order valence-electron chi connectivity index (χ3n) is 2.65. The Morgan fingerprint density at radius 3 is 2.60 bits per heavy atom. The van der Waals surface area contributed by atoms with E-state index in [1.807, 2.05) is 4.98 Å². The standard InChI is InChI=1S/C12H10F3N3O2/c13-12(14,15)8-3-1-2-7(4-8)5-18-6-9(16)10(19)17-11(18)20/h1-4,6H,5,16H2,(H,17,19,20). The molecule has 106 valence electrons. The number of aromatic amines is 1. The van der Waals surface area contributed by atoms with Crippen LogP contribution in [0.2, 0.25) is 0 Å². The number of benzene rings is 1. The van der Waals surface area contributed by atoms with E-state index in [-0.39, 0.29) is 17.8 Å². The van der Waals surface area contributed by atoms with Crippen LogP contribution in [-0.4, -0.2) is 9.55 Å². The number of halogens is 3. The van der Waals surface area contributed by atoms with E-state index in [0.29, 0.717) is 0 Å². The molecule has 0 amide bonds. The van der Waals surface area contributed by atoms with Gasteiger partial charge in [0.15, 0.2) is 0 Å². The van der Waals surface area contributed by atoms with Crippen LogP contribution in [0.4, 0.5) is 18.9 Å². The molecule has 0 saturated carbocycles. The molecule has 0 saturated heterocycles. The quantitative estimate of drug-likeness (QED) is 0.869. The van der Waals surface area contributed by atoms with Crippen molar-refractivity contribution < 1.29 is 13.2 Å². The number of nitrogens with one attached hydrogen (secondary N) is 1. The largest absolute Gasteiger partial charge is 0.416 e. The summed E-state index contributed by atoms with van der Waals surface area (Å²) in [6.07, 6.45) is -3.35. The Hall–Kier alpha value is -2.51. The third-order valence-corrected chi connectivity index (χ3v) is 2.65. The van der Waals surface area contributed by atoms with Crippen LogP contribution in [0.25, 0.3) is 0 Å². The summed E-state index contributed by atoms with van der Waals surface area (Å²) in [6, 6.07) is 4.57. The highest BCUT2D eigenvalue weighted by atomic mass is 19.4. The highest BCUT2D eigenvalue weighted by Gasteiger charge is 2.30. The van der Waals surface area contributed by atoms with Gasteiger partial charge in [-0.3, -0.25) is 14.3 Å². The summed E-state index contributed by atoms with van der Waals surface area (Å²) in [5.41, 5.74) is 3.18. The zero-order valence-corrected chi connectivity index (χ0v) is 10.1. The molecule has 0 radical (unpaired) electrons. The van der Waals surface area contributed by atoms with Crippen LogP contribution in [0.1, 0.15) is 11.1 Å². The minimum atomic E-state index is -4.45. The SMILES string of the molecule is Nc1cn(Cc2cccc(C(F)(F)F)c2)c(=O)[nH]c1=O. The number of hydrogen-bond acceptors (Lipinski definition) is 3. The lowest BCUT2D eigenvalue weighted by molar-refractivity contribution is -0.137. The zero-order valence-electron chi connectivity index (χ0n) is 10.1. The minimum absolute atomic E-state index is 0.121. The Kier molecular flexibility index (Phi) is 3.39. The molecule has 0 spiro atoms. The first-order valence-corrected chi connectivity index (χ1v) is 5.53. The van der Waals surface area contributed by atoms with Crippen molar-refractivity contribution in [1.82, 2.24) is 9.55 Å². The van der Waals surface area contributed by atoms with E-state index in [0.717, 1.165) is 22.9 Å². The second-order valence-corrected chi connectivity index (χ2v) is 4.17. The van der Waals surface area contributed by atoms with Gasteiger partial charge in [0.05, 0.1) is 12.1 Å². The van der Waals surface area contributed by atoms with Gasteiger partial charge in [-0.15, -0.1) is 0 Å². The molecule has 0 atom stereocenters. The molecule has 2 aromatic rings. The van der Waals surface area contributed by atoms with Crippen molar-refractivity contribution in [3.63, 3.8) is 0 Å². The van der Waals surface area contributed by atoms with Crippen LogP contribution in [0.5, 0.6) is 0 Å². The molecule has 1 aromatic heterocycles. The first-order valence-electron chi connectivity index (χ1n) is 5.53. The molecule has 5 nitrogen and oxygen atoms in total. The van der Waals surface area contributed by atoms with E-state index < -0.39 is 23.0 Å². The number of nitrogens with zero attached hydrogens (tertiary/aromatic N) is 1. The van der Waals surface area contributed by atoms with Crippen molar-refractivity contribution in [1.29, 1.82) is 0 Å². The molecule has 0 fully saturated rings. The fraction of sp³-hybridized carbons (Fsp3) is 0.167. The van der Waals surface area contributed by atoms with Crippen LogP contribution in [-0.2, 0) is 12.7 Å². The summed E-state index contributed by atoms with van der Waals surface area (Å²) in [5, 5.41) is 0. The fourth-order valence-electron chi connectivity index (χ4n) is 1.69. The van der Waals surface area contributed by atoms with Crippen molar-refractivity contribution in [2.75, 3.05) is 5.73 Å². The molecule has 0 aliphatic rings. The van der Waals surface area contributed by atoms with Gasteiger partial charge in [0.25, 0.3) is 5.56 Å². The highest BCUT2D eigenvalue weighted by Crippen LogP contribution is 2.29. The van der Waals surface area contributed by atoms with Crippen LogP contribution >= 0.6 is 0 Å². The van der Waals surface area contributed by atoms with Crippen molar-refractivity contribution in [3.8, 4) is 0 Å². The topological polar surface area (TPSA) is 80.9 Å². The van der Waals surface area contributed by atoms with Gasteiger partial charge in [-0.2, -0.15) is 13.2 Å². The lowest BCUT2D eigenvalue weighted by Gasteiger charge is -2.10. The molecule has 3 N–H and O–H groups in total. The molecule has 0 aliphatic heterocycles. The summed E-state index contributed by atoms with van der Waals surface area (Å²) >= 11 is 0. The van der Waals surface area contributed by atoms with Gasteiger partial charge in [-0.1, -0.05) is 12.1 Å². The Bertz CT molecular complexity index is 747. The molecule has 0 bridgehead atoms. The van der Waals surface area contributed by atoms with E-state index in [9.17, 15) is 22.8 Å². The van der Waals surface area contributed by atoms with Crippen molar-refractivity contribution in [2.45, 2.75) is 12.7 Å². The van der Waals surface area contributed by atoms with E-state index in [4.69, 9.17) is 5.73 Å².